The first-order valence-corrected chi connectivity index (χ1v) is 8.54. The van der Waals surface area contributed by atoms with Crippen molar-refractivity contribution in [1.29, 1.82) is 0 Å². The monoisotopic (exact) mass is 294 g/mol. The number of ether oxygens (including phenoxy) is 1. The van der Waals surface area contributed by atoms with E-state index in [0.717, 1.165) is 45.4 Å². The second-order valence-corrected chi connectivity index (χ2v) is 6.86. The van der Waals surface area contributed by atoms with Crippen LogP contribution in [0.5, 0.6) is 0 Å². The van der Waals surface area contributed by atoms with Crippen molar-refractivity contribution in [3.8, 4) is 0 Å². The fraction of sp³-hybridized carbons (Fsp3) is 0.933. The SMILES string of the molecule is O=C(OC1C2CCCN1NCC2)C1C2CCCN1NCC2. The molecule has 4 fully saturated rings. The van der Waals surface area contributed by atoms with Crippen LogP contribution in [0.1, 0.15) is 38.5 Å². The first kappa shape index (κ1) is 13.9. The summed E-state index contributed by atoms with van der Waals surface area (Å²) < 4.78 is 5.98. The molecule has 6 unspecified atom stereocenters. The molecule has 0 amide bonds. The summed E-state index contributed by atoms with van der Waals surface area (Å²) in [5, 5.41) is 4.28. The van der Waals surface area contributed by atoms with Gasteiger partial charge in [-0.3, -0.25) is 15.6 Å². The Morgan fingerprint density at radius 1 is 0.905 bits per heavy atom. The molecule has 0 saturated carbocycles. The number of hydrogen-bond acceptors (Lipinski definition) is 6. The molecule has 4 bridgehead atoms. The Hall–Kier alpha value is -0.690. The number of hydrogen-bond donors (Lipinski definition) is 2. The summed E-state index contributed by atoms with van der Waals surface area (Å²) in [6.45, 7) is 3.96. The molecule has 4 aliphatic heterocycles. The molecule has 0 radical (unpaired) electrons. The normalized spacial score (nSPS) is 45.9. The summed E-state index contributed by atoms with van der Waals surface area (Å²) in [5.41, 5.74) is 6.76. The predicted octanol–water partition coefficient (Wildman–Crippen LogP) is 0.465. The van der Waals surface area contributed by atoms with Gasteiger partial charge in [-0.25, -0.2) is 10.0 Å². The summed E-state index contributed by atoms with van der Waals surface area (Å²) >= 11 is 0. The van der Waals surface area contributed by atoms with Gasteiger partial charge in [-0.2, -0.15) is 0 Å². The smallest absolute Gasteiger partial charge is 0.326 e. The number of carbonyl (C=O) groups excluding carboxylic acids is 1. The summed E-state index contributed by atoms with van der Waals surface area (Å²) in [6.07, 6.45) is 6.88. The highest BCUT2D eigenvalue weighted by atomic mass is 16.6. The van der Waals surface area contributed by atoms with Crippen LogP contribution in [-0.2, 0) is 9.53 Å². The fourth-order valence-corrected chi connectivity index (χ4v) is 4.51. The third-order valence-corrected chi connectivity index (χ3v) is 5.58. The Labute approximate surface area is 126 Å². The number of carbonyl (C=O) groups is 1. The highest BCUT2D eigenvalue weighted by Gasteiger charge is 2.44. The first-order valence-electron chi connectivity index (χ1n) is 8.54. The van der Waals surface area contributed by atoms with Crippen LogP contribution in [0.2, 0.25) is 0 Å². The number of rotatable bonds is 2. The Kier molecular flexibility index (Phi) is 3.87. The van der Waals surface area contributed by atoms with Crippen LogP contribution in [0.15, 0.2) is 0 Å². The Balaban J connectivity index is 1.45. The lowest BCUT2D eigenvalue weighted by Crippen LogP contribution is -2.63. The summed E-state index contributed by atoms with van der Waals surface area (Å²) in [6, 6.07) is -0.0728. The van der Waals surface area contributed by atoms with E-state index in [0.29, 0.717) is 11.8 Å². The van der Waals surface area contributed by atoms with E-state index in [4.69, 9.17) is 4.74 Å². The average molecular weight is 294 g/mol. The third kappa shape index (κ3) is 2.59. The van der Waals surface area contributed by atoms with Crippen molar-refractivity contribution in [2.75, 3.05) is 26.2 Å². The zero-order chi connectivity index (χ0) is 14.2. The molecule has 6 nitrogen and oxygen atoms in total. The molecule has 2 N–H and O–H groups in total. The van der Waals surface area contributed by atoms with Crippen molar-refractivity contribution in [1.82, 2.24) is 20.9 Å². The molecule has 0 aromatic heterocycles. The van der Waals surface area contributed by atoms with Crippen LogP contribution in [0.3, 0.4) is 0 Å². The fourth-order valence-electron chi connectivity index (χ4n) is 4.51. The molecule has 0 aromatic rings. The van der Waals surface area contributed by atoms with E-state index in [9.17, 15) is 4.79 Å². The number of piperidine rings is 2. The van der Waals surface area contributed by atoms with Crippen LogP contribution in [0, 0.1) is 11.8 Å². The van der Waals surface area contributed by atoms with E-state index < -0.39 is 0 Å². The van der Waals surface area contributed by atoms with Gasteiger partial charge in [0.2, 0.25) is 0 Å². The lowest BCUT2D eigenvalue weighted by Gasteiger charge is -2.47. The van der Waals surface area contributed by atoms with Crippen LogP contribution >= 0.6 is 0 Å². The van der Waals surface area contributed by atoms with Crippen LogP contribution in [0.4, 0.5) is 0 Å². The van der Waals surface area contributed by atoms with Gasteiger partial charge in [0, 0.05) is 32.1 Å². The van der Waals surface area contributed by atoms with Crippen molar-refractivity contribution < 1.29 is 9.53 Å². The second kappa shape index (κ2) is 5.83. The van der Waals surface area contributed by atoms with Crippen molar-refractivity contribution in [2.45, 2.75) is 50.8 Å². The van der Waals surface area contributed by atoms with Gasteiger partial charge in [-0.15, -0.1) is 0 Å². The molecule has 0 spiro atoms. The van der Waals surface area contributed by atoms with Gasteiger partial charge in [0.05, 0.1) is 0 Å². The maximum Gasteiger partial charge on any atom is 0.326 e. The van der Waals surface area contributed by atoms with E-state index in [1.165, 1.54) is 19.3 Å². The lowest BCUT2D eigenvalue weighted by molar-refractivity contribution is -0.195. The van der Waals surface area contributed by atoms with E-state index in [-0.39, 0.29) is 18.2 Å². The van der Waals surface area contributed by atoms with Gasteiger partial charge in [0.1, 0.15) is 6.04 Å². The maximum absolute atomic E-state index is 12.8. The molecule has 4 aliphatic rings. The van der Waals surface area contributed by atoms with Gasteiger partial charge >= 0.3 is 5.97 Å². The van der Waals surface area contributed by atoms with E-state index in [2.05, 4.69) is 20.9 Å². The zero-order valence-corrected chi connectivity index (χ0v) is 12.6. The molecule has 4 heterocycles. The number of fused-ring (bicyclic) bond motifs is 4. The minimum Gasteiger partial charge on any atom is -0.444 e. The van der Waals surface area contributed by atoms with Gasteiger partial charge in [0.25, 0.3) is 0 Å². The number of hydrazine groups is 2. The minimum atomic E-state index is -0.0728. The molecule has 6 atom stereocenters. The zero-order valence-electron chi connectivity index (χ0n) is 12.6. The van der Waals surface area contributed by atoms with Crippen LogP contribution in [-0.4, -0.2) is 54.4 Å². The maximum atomic E-state index is 12.8. The van der Waals surface area contributed by atoms with E-state index in [1.54, 1.807) is 0 Å². The molecule has 6 heteroatoms. The summed E-state index contributed by atoms with van der Waals surface area (Å²) in [5.74, 6) is 0.965. The third-order valence-electron chi connectivity index (χ3n) is 5.58. The average Bonchev–Trinajstić information content (AvgIpc) is 2.46. The molecule has 118 valence electrons. The number of nitrogens with one attached hydrogen (secondary N) is 2. The van der Waals surface area contributed by atoms with Gasteiger partial charge < -0.3 is 4.74 Å². The van der Waals surface area contributed by atoms with Crippen molar-refractivity contribution in [3.63, 3.8) is 0 Å². The summed E-state index contributed by atoms with van der Waals surface area (Å²) in [4.78, 5) is 12.8. The topological polar surface area (TPSA) is 56.8 Å². The molecule has 4 rings (SSSR count). The summed E-state index contributed by atoms with van der Waals surface area (Å²) in [7, 11) is 0. The molecular formula is C15H26N4O2. The second-order valence-electron chi connectivity index (χ2n) is 6.86. The largest absolute Gasteiger partial charge is 0.444 e. The van der Waals surface area contributed by atoms with E-state index >= 15 is 0 Å². The Morgan fingerprint density at radius 2 is 1.57 bits per heavy atom. The van der Waals surface area contributed by atoms with Crippen molar-refractivity contribution >= 4 is 5.97 Å². The number of nitrogens with zero attached hydrogens (tertiary/aromatic N) is 2. The van der Waals surface area contributed by atoms with Gasteiger partial charge in [0.15, 0.2) is 6.23 Å². The van der Waals surface area contributed by atoms with E-state index in [1.807, 2.05) is 0 Å². The van der Waals surface area contributed by atoms with Gasteiger partial charge in [-0.1, -0.05) is 0 Å². The standard InChI is InChI=1S/C15H26N4O2/c20-15(13-11-3-1-9-18(13)16-7-5-11)21-14-12-4-2-10-19(14)17-8-6-12/h11-14,16-17H,1-10H2. The molecule has 21 heavy (non-hydrogen) atoms. The molecule has 4 saturated heterocycles. The predicted molar refractivity (Wildman–Crippen MR) is 77.8 cm³/mol. The minimum absolute atomic E-state index is 0.0162. The lowest BCUT2D eigenvalue weighted by atomic mass is 9.85. The van der Waals surface area contributed by atoms with Crippen LogP contribution in [0.25, 0.3) is 0 Å². The molecular weight excluding hydrogens is 268 g/mol. The first-order chi connectivity index (χ1) is 10.3. The Bertz CT molecular complexity index is 361. The quantitative estimate of drug-likeness (QED) is 0.722. The van der Waals surface area contributed by atoms with Gasteiger partial charge in [-0.05, 0) is 44.4 Å². The van der Waals surface area contributed by atoms with Crippen LogP contribution < -0.4 is 10.9 Å². The van der Waals surface area contributed by atoms with Crippen molar-refractivity contribution in [3.05, 3.63) is 0 Å². The number of esters is 1. The Morgan fingerprint density at radius 3 is 2.33 bits per heavy atom. The highest BCUT2D eigenvalue weighted by molar-refractivity contribution is 5.76. The molecule has 0 aliphatic carbocycles. The highest BCUT2D eigenvalue weighted by Crippen LogP contribution is 2.32. The molecule has 0 aromatic carbocycles. The van der Waals surface area contributed by atoms with Crippen molar-refractivity contribution in [2.24, 2.45) is 11.8 Å².